The quantitative estimate of drug-likeness (QED) is 0.754. The van der Waals surface area contributed by atoms with E-state index >= 15 is 0 Å². The molecule has 0 aliphatic carbocycles. The smallest absolute Gasteiger partial charge is 0.319 e. The van der Waals surface area contributed by atoms with Gasteiger partial charge in [-0.05, 0) is 22.9 Å². The summed E-state index contributed by atoms with van der Waals surface area (Å²) < 4.78 is 0. The highest BCUT2D eigenvalue weighted by atomic mass is 16.3. The van der Waals surface area contributed by atoms with E-state index in [1.807, 2.05) is 42.5 Å². The van der Waals surface area contributed by atoms with Crippen molar-refractivity contribution in [2.45, 2.75) is 0 Å². The third-order valence-electron chi connectivity index (χ3n) is 2.40. The summed E-state index contributed by atoms with van der Waals surface area (Å²) in [6.45, 7) is 0.185. The van der Waals surface area contributed by atoms with Gasteiger partial charge in [0.1, 0.15) is 0 Å². The SMILES string of the molecule is O=C(NCCO)Nc1ccc2ccccc2c1. The number of hydrogen-bond donors (Lipinski definition) is 3. The fourth-order valence-corrected chi connectivity index (χ4v) is 1.61. The Bertz CT molecular complexity index is 526. The highest BCUT2D eigenvalue weighted by molar-refractivity contribution is 5.93. The van der Waals surface area contributed by atoms with Crippen molar-refractivity contribution in [3.05, 3.63) is 42.5 Å². The molecule has 4 nitrogen and oxygen atoms in total. The number of hydrogen-bond acceptors (Lipinski definition) is 2. The van der Waals surface area contributed by atoms with Gasteiger partial charge in [0.15, 0.2) is 0 Å². The van der Waals surface area contributed by atoms with E-state index in [2.05, 4.69) is 10.6 Å². The van der Waals surface area contributed by atoms with Gasteiger partial charge in [-0.2, -0.15) is 0 Å². The minimum absolute atomic E-state index is 0.0643. The van der Waals surface area contributed by atoms with E-state index in [4.69, 9.17) is 5.11 Å². The maximum absolute atomic E-state index is 11.4. The van der Waals surface area contributed by atoms with Crippen LogP contribution in [-0.4, -0.2) is 24.3 Å². The molecule has 17 heavy (non-hydrogen) atoms. The standard InChI is InChI=1S/C13H14N2O2/c16-8-7-14-13(17)15-12-6-5-10-3-1-2-4-11(10)9-12/h1-6,9,16H,7-8H2,(H2,14,15,17). The van der Waals surface area contributed by atoms with E-state index in [1.54, 1.807) is 0 Å². The maximum atomic E-state index is 11.4. The van der Waals surface area contributed by atoms with E-state index in [9.17, 15) is 4.79 Å². The first-order chi connectivity index (χ1) is 8.29. The number of amides is 2. The average Bonchev–Trinajstić information content (AvgIpc) is 2.36. The fraction of sp³-hybridized carbons (Fsp3) is 0.154. The molecule has 0 bridgehead atoms. The van der Waals surface area contributed by atoms with Crippen molar-refractivity contribution in [1.29, 1.82) is 0 Å². The van der Waals surface area contributed by atoms with Gasteiger partial charge in [-0.15, -0.1) is 0 Å². The molecule has 0 aliphatic rings. The molecule has 0 spiro atoms. The Labute approximate surface area is 99.3 Å². The number of fused-ring (bicyclic) bond motifs is 1. The van der Waals surface area contributed by atoms with E-state index in [0.717, 1.165) is 16.5 Å². The van der Waals surface area contributed by atoms with Crippen LogP contribution < -0.4 is 10.6 Å². The highest BCUT2D eigenvalue weighted by Gasteiger charge is 2.01. The van der Waals surface area contributed by atoms with Gasteiger partial charge in [-0.25, -0.2) is 4.79 Å². The number of carbonyl (C=O) groups is 1. The number of anilines is 1. The molecular formula is C13H14N2O2. The van der Waals surface area contributed by atoms with Crippen molar-refractivity contribution in [3.63, 3.8) is 0 Å². The first-order valence-corrected chi connectivity index (χ1v) is 5.44. The van der Waals surface area contributed by atoms with Crippen LogP contribution in [-0.2, 0) is 0 Å². The second-order valence-corrected chi connectivity index (χ2v) is 3.67. The van der Waals surface area contributed by atoms with Gasteiger partial charge in [0, 0.05) is 12.2 Å². The third-order valence-corrected chi connectivity index (χ3v) is 2.40. The Morgan fingerprint density at radius 1 is 1.12 bits per heavy atom. The zero-order valence-electron chi connectivity index (χ0n) is 9.31. The number of aliphatic hydroxyl groups is 1. The van der Waals surface area contributed by atoms with Gasteiger partial charge in [-0.1, -0.05) is 30.3 Å². The predicted molar refractivity (Wildman–Crippen MR) is 68.1 cm³/mol. The molecule has 0 saturated carbocycles. The molecule has 2 amide bonds. The minimum Gasteiger partial charge on any atom is -0.395 e. The van der Waals surface area contributed by atoms with Crippen molar-refractivity contribution >= 4 is 22.5 Å². The van der Waals surface area contributed by atoms with Gasteiger partial charge in [0.25, 0.3) is 0 Å². The van der Waals surface area contributed by atoms with E-state index in [-0.39, 0.29) is 19.2 Å². The summed E-state index contributed by atoms with van der Waals surface area (Å²) in [5.74, 6) is 0. The summed E-state index contributed by atoms with van der Waals surface area (Å²) in [6, 6.07) is 13.3. The Kier molecular flexibility index (Phi) is 3.57. The molecule has 2 aromatic carbocycles. The lowest BCUT2D eigenvalue weighted by molar-refractivity contribution is 0.245. The summed E-state index contributed by atoms with van der Waals surface area (Å²) >= 11 is 0. The Balaban J connectivity index is 2.11. The zero-order chi connectivity index (χ0) is 12.1. The van der Waals surface area contributed by atoms with Crippen LogP contribution >= 0.6 is 0 Å². The first kappa shape index (κ1) is 11.4. The predicted octanol–water partition coefficient (Wildman–Crippen LogP) is 1.95. The lowest BCUT2D eigenvalue weighted by Gasteiger charge is -2.07. The molecule has 0 aromatic heterocycles. The fourth-order valence-electron chi connectivity index (χ4n) is 1.61. The van der Waals surface area contributed by atoms with Gasteiger partial charge >= 0.3 is 6.03 Å². The van der Waals surface area contributed by atoms with Crippen LogP contribution in [0.4, 0.5) is 10.5 Å². The Morgan fingerprint density at radius 2 is 1.88 bits per heavy atom. The molecule has 0 atom stereocenters. The van der Waals surface area contributed by atoms with Gasteiger partial charge < -0.3 is 15.7 Å². The molecule has 0 radical (unpaired) electrons. The molecule has 0 saturated heterocycles. The summed E-state index contributed by atoms with van der Waals surface area (Å²) in [5, 5.41) is 16.0. The lowest BCUT2D eigenvalue weighted by Crippen LogP contribution is -2.30. The molecule has 3 N–H and O–H groups in total. The normalized spacial score (nSPS) is 10.2. The van der Waals surface area contributed by atoms with Crippen LogP contribution in [0.1, 0.15) is 0 Å². The summed E-state index contributed by atoms with van der Waals surface area (Å²) in [5.41, 5.74) is 0.735. The summed E-state index contributed by atoms with van der Waals surface area (Å²) in [4.78, 5) is 11.4. The number of benzene rings is 2. The maximum Gasteiger partial charge on any atom is 0.319 e. The molecule has 2 aromatic rings. The van der Waals surface area contributed by atoms with Crippen LogP contribution in [0.25, 0.3) is 10.8 Å². The van der Waals surface area contributed by atoms with Gasteiger partial charge in [-0.3, -0.25) is 0 Å². The molecule has 88 valence electrons. The number of aliphatic hydroxyl groups excluding tert-OH is 1. The number of carbonyl (C=O) groups excluding carboxylic acids is 1. The van der Waals surface area contributed by atoms with E-state index < -0.39 is 0 Å². The Hall–Kier alpha value is -2.07. The lowest BCUT2D eigenvalue weighted by atomic mass is 10.1. The van der Waals surface area contributed by atoms with Crippen LogP contribution in [0.2, 0.25) is 0 Å². The van der Waals surface area contributed by atoms with E-state index in [1.165, 1.54) is 0 Å². The highest BCUT2D eigenvalue weighted by Crippen LogP contribution is 2.18. The number of nitrogens with one attached hydrogen (secondary N) is 2. The topological polar surface area (TPSA) is 61.4 Å². The van der Waals surface area contributed by atoms with Crippen molar-refractivity contribution in [2.75, 3.05) is 18.5 Å². The zero-order valence-corrected chi connectivity index (χ0v) is 9.31. The average molecular weight is 230 g/mol. The summed E-state index contributed by atoms with van der Waals surface area (Å²) in [6.07, 6.45) is 0. The van der Waals surface area contributed by atoms with Crippen molar-refractivity contribution in [1.82, 2.24) is 5.32 Å². The van der Waals surface area contributed by atoms with Gasteiger partial charge in [0.05, 0.1) is 6.61 Å². The molecule has 0 unspecified atom stereocenters. The molecule has 0 heterocycles. The molecule has 0 aliphatic heterocycles. The second-order valence-electron chi connectivity index (χ2n) is 3.67. The molecular weight excluding hydrogens is 216 g/mol. The van der Waals surface area contributed by atoms with Crippen LogP contribution in [0.3, 0.4) is 0 Å². The molecule has 2 rings (SSSR count). The van der Waals surface area contributed by atoms with Crippen LogP contribution in [0, 0.1) is 0 Å². The number of rotatable bonds is 3. The monoisotopic (exact) mass is 230 g/mol. The van der Waals surface area contributed by atoms with Crippen LogP contribution in [0.15, 0.2) is 42.5 Å². The van der Waals surface area contributed by atoms with Crippen molar-refractivity contribution < 1.29 is 9.90 Å². The largest absolute Gasteiger partial charge is 0.395 e. The number of urea groups is 1. The first-order valence-electron chi connectivity index (χ1n) is 5.44. The van der Waals surface area contributed by atoms with Gasteiger partial charge in [0.2, 0.25) is 0 Å². The molecule has 0 fully saturated rings. The molecule has 4 heteroatoms. The minimum atomic E-state index is -0.311. The second kappa shape index (κ2) is 5.32. The third kappa shape index (κ3) is 2.95. The van der Waals surface area contributed by atoms with Crippen LogP contribution in [0.5, 0.6) is 0 Å². The Morgan fingerprint density at radius 3 is 2.65 bits per heavy atom. The van der Waals surface area contributed by atoms with E-state index in [0.29, 0.717) is 0 Å². The van der Waals surface area contributed by atoms with Crippen molar-refractivity contribution in [2.24, 2.45) is 0 Å². The van der Waals surface area contributed by atoms with Crippen molar-refractivity contribution in [3.8, 4) is 0 Å². The summed E-state index contributed by atoms with van der Waals surface area (Å²) in [7, 11) is 0.